The third kappa shape index (κ3) is 2.59. The SMILES string of the molecule is N#Cc1ccc2c(c1)OCC(c1ccccc1)N(C(=O)O)C2. The van der Waals surface area contributed by atoms with Crippen LogP contribution in [0.3, 0.4) is 0 Å². The van der Waals surface area contributed by atoms with E-state index in [4.69, 9.17) is 10.00 Å². The summed E-state index contributed by atoms with van der Waals surface area (Å²) in [7, 11) is 0. The number of hydrogen-bond donors (Lipinski definition) is 1. The maximum absolute atomic E-state index is 11.6. The fraction of sp³-hybridized carbons (Fsp3) is 0.176. The molecule has 0 fully saturated rings. The molecule has 2 aromatic carbocycles. The van der Waals surface area contributed by atoms with Gasteiger partial charge in [-0.25, -0.2) is 4.79 Å². The van der Waals surface area contributed by atoms with Gasteiger partial charge < -0.3 is 9.84 Å². The fourth-order valence-corrected chi connectivity index (χ4v) is 2.59. The molecule has 0 saturated heterocycles. The van der Waals surface area contributed by atoms with Crippen molar-refractivity contribution in [2.75, 3.05) is 6.61 Å². The molecule has 1 unspecified atom stereocenters. The van der Waals surface area contributed by atoms with E-state index in [1.54, 1.807) is 18.2 Å². The fourth-order valence-electron chi connectivity index (χ4n) is 2.59. The first-order chi connectivity index (χ1) is 10.7. The molecule has 5 heteroatoms. The highest BCUT2D eigenvalue weighted by atomic mass is 16.5. The summed E-state index contributed by atoms with van der Waals surface area (Å²) < 4.78 is 5.78. The lowest BCUT2D eigenvalue weighted by Crippen LogP contribution is -2.34. The van der Waals surface area contributed by atoms with Gasteiger partial charge in [0, 0.05) is 5.56 Å². The van der Waals surface area contributed by atoms with E-state index in [1.807, 2.05) is 30.3 Å². The second kappa shape index (κ2) is 5.78. The minimum Gasteiger partial charge on any atom is -0.491 e. The normalized spacial score (nSPS) is 16.9. The van der Waals surface area contributed by atoms with E-state index in [2.05, 4.69) is 6.07 Å². The number of rotatable bonds is 1. The second-order valence-electron chi connectivity index (χ2n) is 5.08. The molecular weight excluding hydrogens is 280 g/mol. The average molecular weight is 294 g/mol. The summed E-state index contributed by atoms with van der Waals surface area (Å²) in [6.07, 6.45) is -0.991. The van der Waals surface area contributed by atoms with E-state index in [0.717, 1.165) is 11.1 Å². The van der Waals surface area contributed by atoms with Gasteiger partial charge in [0.1, 0.15) is 12.4 Å². The summed E-state index contributed by atoms with van der Waals surface area (Å²) in [6.45, 7) is 0.453. The zero-order valence-corrected chi connectivity index (χ0v) is 11.8. The molecule has 0 radical (unpaired) electrons. The highest BCUT2D eigenvalue weighted by Crippen LogP contribution is 2.32. The summed E-state index contributed by atoms with van der Waals surface area (Å²) in [5.41, 5.74) is 2.15. The second-order valence-corrected chi connectivity index (χ2v) is 5.08. The predicted octanol–water partition coefficient (Wildman–Crippen LogP) is 3.17. The summed E-state index contributed by atoms with van der Waals surface area (Å²) in [5.74, 6) is 0.573. The van der Waals surface area contributed by atoms with Crippen molar-refractivity contribution in [2.24, 2.45) is 0 Å². The topological polar surface area (TPSA) is 73.6 Å². The van der Waals surface area contributed by atoms with Crippen molar-refractivity contribution in [3.8, 4) is 11.8 Å². The Hall–Kier alpha value is -3.00. The number of carbonyl (C=O) groups is 1. The molecule has 110 valence electrons. The lowest BCUT2D eigenvalue weighted by atomic mass is 10.1. The van der Waals surface area contributed by atoms with E-state index < -0.39 is 6.09 Å². The first kappa shape index (κ1) is 14.0. The van der Waals surface area contributed by atoms with Crippen molar-refractivity contribution < 1.29 is 14.6 Å². The van der Waals surface area contributed by atoms with Crippen LogP contribution in [0.2, 0.25) is 0 Å². The molecule has 22 heavy (non-hydrogen) atoms. The van der Waals surface area contributed by atoms with E-state index in [-0.39, 0.29) is 19.2 Å². The van der Waals surface area contributed by atoms with E-state index in [0.29, 0.717) is 11.3 Å². The molecule has 3 rings (SSSR count). The van der Waals surface area contributed by atoms with Gasteiger partial charge in [-0.15, -0.1) is 0 Å². The maximum atomic E-state index is 11.6. The molecule has 0 aliphatic carbocycles. The Kier molecular flexibility index (Phi) is 3.67. The number of hydrogen-bond acceptors (Lipinski definition) is 3. The first-order valence-corrected chi connectivity index (χ1v) is 6.89. The lowest BCUT2D eigenvalue weighted by molar-refractivity contribution is 0.107. The molecule has 1 aliphatic heterocycles. The maximum Gasteiger partial charge on any atom is 0.408 e. The van der Waals surface area contributed by atoms with Gasteiger partial charge in [-0.1, -0.05) is 36.4 Å². The Morgan fingerprint density at radius 1 is 1.27 bits per heavy atom. The van der Waals surface area contributed by atoms with Crippen molar-refractivity contribution in [3.05, 3.63) is 65.2 Å². The van der Waals surface area contributed by atoms with Crippen molar-refractivity contribution in [1.29, 1.82) is 5.26 Å². The Labute approximate surface area is 128 Å². The number of ether oxygens (including phenoxy) is 1. The van der Waals surface area contributed by atoms with Gasteiger partial charge in [0.25, 0.3) is 0 Å². The molecular formula is C17H14N2O3. The van der Waals surface area contributed by atoms with Crippen LogP contribution in [-0.2, 0) is 6.54 Å². The monoisotopic (exact) mass is 294 g/mol. The van der Waals surface area contributed by atoms with Crippen LogP contribution in [0.5, 0.6) is 5.75 Å². The smallest absolute Gasteiger partial charge is 0.408 e. The molecule has 1 amide bonds. The minimum absolute atomic E-state index is 0.220. The van der Waals surface area contributed by atoms with Crippen LogP contribution in [0.1, 0.15) is 22.7 Å². The molecule has 1 aliphatic rings. The number of nitriles is 1. The van der Waals surface area contributed by atoms with Gasteiger partial charge in [0.05, 0.1) is 24.2 Å². The van der Waals surface area contributed by atoms with Crippen molar-refractivity contribution in [3.63, 3.8) is 0 Å². The summed E-state index contributed by atoms with van der Waals surface area (Å²) >= 11 is 0. The standard InChI is InChI=1S/C17H14N2O3/c18-9-12-6-7-14-10-19(17(20)21)15(11-22-16(14)8-12)13-4-2-1-3-5-13/h1-8,15H,10-11H2,(H,20,21). The van der Waals surface area contributed by atoms with Gasteiger partial charge in [-0.05, 0) is 17.7 Å². The quantitative estimate of drug-likeness (QED) is 0.876. The number of carboxylic acid groups (broad SMARTS) is 1. The van der Waals surface area contributed by atoms with E-state index in [9.17, 15) is 9.90 Å². The van der Waals surface area contributed by atoms with Crippen LogP contribution >= 0.6 is 0 Å². The highest BCUT2D eigenvalue weighted by Gasteiger charge is 2.29. The Morgan fingerprint density at radius 2 is 2.05 bits per heavy atom. The number of benzene rings is 2. The third-order valence-electron chi connectivity index (χ3n) is 3.74. The van der Waals surface area contributed by atoms with Crippen LogP contribution in [0.15, 0.2) is 48.5 Å². The zero-order valence-electron chi connectivity index (χ0n) is 11.8. The van der Waals surface area contributed by atoms with Gasteiger partial charge in [-0.2, -0.15) is 5.26 Å². The van der Waals surface area contributed by atoms with E-state index >= 15 is 0 Å². The summed E-state index contributed by atoms with van der Waals surface area (Å²) in [5, 5.41) is 18.5. The highest BCUT2D eigenvalue weighted by molar-refractivity contribution is 5.66. The summed E-state index contributed by atoms with van der Waals surface area (Å²) in [6, 6.07) is 16.2. The molecule has 1 heterocycles. The Balaban J connectivity index is 1.99. The van der Waals surface area contributed by atoms with Crippen LogP contribution < -0.4 is 4.74 Å². The van der Waals surface area contributed by atoms with Crippen LogP contribution in [0.4, 0.5) is 4.79 Å². The van der Waals surface area contributed by atoms with Gasteiger partial charge in [-0.3, -0.25) is 4.90 Å². The van der Waals surface area contributed by atoms with E-state index in [1.165, 1.54) is 4.90 Å². The molecule has 1 N–H and O–H groups in total. The van der Waals surface area contributed by atoms with Crippen molar-refractivity contribution in [1.82, 2.24) is 4.90 Å². The van der Waals surface area contributed by atoms with Gasteiger partial charge in [0.2, 0.25) is 0 Å². The molecule has 0 bridgehead atoms. The van der Waals surface area contributed by atoms with Gasteiger partial charge in [0.15, 0.2) is 0 Å². The van der Waals surface area contributed by atoms with Gasteiger partial charge >= 0.3 is 6.09 Å². The van der Waals surface area contributed by atoms with Crippen LogP contribution in [-0.4, -0.2) is 22.7 Å². The average Bonchev–Trinajstić information content (AvgIpc) is 2.74. The third-order valence-corrected chi connectivity index (χ3v) is 3.74. The predicted molar refractivity (Wildman–Crippen MR) is 79.4 cm³/mol. The molecule has 0 saturated carbocycles. The van der Waals surface area contributed by atoms with Crippen molar-refractivity contribution in [2.45, 2.75) is 12.6 Å². The number of fused-ring (bicyclic) bond motifs is 1. The lowest BCUT2D eigenvalue weighted by Gasteiger charge is -2.26. The molecule has 1 atom stereocenters. The number of nitrogens with zero attached hydrogens (tertiary/aromatic N) is 2. The summed E-state index contributed by atoms with van der Waals surface area (Å²) in [4.78, 5) is 13.0. The largest absolute Gasteiger partial charge is 0.491 e. The number of amides is 1. The molecule has 5 nitrogen and oxygen atoms in total. The molecule has 0 spiro atoms. The Bertz CT molecular complexity index is 737. The first-order valence-electron chi connectivity index (χ1n) is 6.89. The minimum atomic E-state index is -0.991. The van der Waals surface area contributed by atoms with Crippen LogP contribution in [0.25, 0.3) is 0 Å². The van der Waals surface area contributed by atoms with Crippen molar-refractivity contribution >= 4 is 6.09 Å². The Morgan fingerprint density at radius 3 is 2.73 bits per heavy atom. The molecule has 0 aromatic heterocycles. The van der Waals surface area contributed by atoms with Crippen LogP contribution in [0, 0.1) is 11.3 Å². The molecule has 2 aromatic rings. The zero-order chi connectivity index (χ0) is 15.5.